The van der Waals surface area contributed by atoms with E-state index in [2.05, 4.69) is 28.5 Å². The lowest BCUT2D eigenvalue weighted by Crippen LogP contribution is -2.20. The number of aromatic nitrogens is 1. The van der Waals surface area contributed by atoms with Gasteiger partial charge in [-0.05, 0) is 61.9 Å². The van der Waals surface area contributed by atoms with Gasteiger partial charge >= 0.3 is 0 Å². The number of nitrogens with zero attached hydrogens (tertiary/aromatic N) is 1. The second-order valence-corrected chi connectivity index (χ2v) is 7.74. The lowest BCUT2D eigenvalue weighted by Gasteiger charge is -2.16. The van der Waals surface area contributed by atoms with Gasteiger partial charge in [-0.15, -0.1) is 11.3 Å². The van der Waals surface area contributed by atoms with Gasteiger partial charge in [-0.2, -0.15) is 0 Å². The molecule has 0 saturated heterocycles. The van der Waals surface area contributed by atoms with E-state index in [-0.39, 0.29) is 12.5 Å². The van der Waals surface area contributed by atoms with Crippen molar-refractivity contribution in [3.05, 3.63) is 64.5 Å². The van der Waals surface area contributed by atoms with Gasteiger partial charge in [-0.25, -0.2) is 4.98 Å². The van der Waals surface area contributed by atoms with Crippen molar-refractivity contribution in [2.75, 3.05) is 11.9 Å². The smallest absolute Gasteiger partial charge is 0.264 e. The minimum atomic E-state index is -0.207. The lowest BCUT2D eigenvalue weighted by atomic mass is 9.90. The summed E-state index contributed by atoms with van der Waals surface area (Å²) in [5, 5.41) is 5.40. The van der Waals surface area contributed by atoms with E-state index in [1.165, 1.54) is 41.7 Å². The number of amides is 1. The van der Waals surface area contributed by atoms with Crippen molar-refractivity contribution in [3.8, 4) is 17.0 Å². The first-order chi connectivity index (χ1) is 13.2. The Morgan fingerprint density at radius 1 is 1.11 bits per heavy atom. The molecule has 2 aromatic carbocycles. The Morgan fingerprint density at radius 3 is 2.70 bits per heavy atom. The second kappa shape index (κ2) is 7.92. The minimum absolute atomic E-state index is 0.0309. The van der Waals surface area contributed by atoms with E-state index in [1.807, 2.05) is 36.6 Å². The summed E-state index contributed by atoms with van der Waals surface area (Å²) >= 11 is 1.44. The molecule has 1 N–H and O–H groups in total. The van der Waals surface area contributed by atoms with E-state index >= 15 is 0 Å². The van der Waals surface area contributed by atoms with Crippen LogP contribution in [0.25, 0.3) is 11.3 Å². The fourth-order valence-electron chi connectivity index (χ4n) is 3.30. The monoisotopic (exact) mass is 378 g/mol. The van der Waals surface area contributed by atoms with Crippen molar-refractivity contribution in [3.63, 3.8) is 0 Å². The van der Waals surface area contributed by atoms with Crippen molar-refractivity contribution in [2.24, 2.45) is 0 Å². The quantitative estimate of drug-likeness (QED) is 0.679. The third-order valence-corrected chi connectivity index (χ3v) is 5.54. The first-order valence-corrected chi connectivity index (χ1v) is 10.1. The number of carbonyl (C=O) groups is 1. The molecule has 5 heteroatoms. The molecule has 0 saturated carbocycles. The molecule has 0 aliphatic heterocycles. The maximum atomic E-state index is 12.1. The highest BCUT2D eigenvalue weighted by atomic mass is 32.1. The summed E-state index contributed by atoms with van der Waals surface area (Å²) in [7, 11) is 0. The summed E-state index contributed by atoms with van der Waals surface area (Å²) < 4.78 is 5.51. The molecule has 0 fully saturated rings. The van der Waals surface area contributed by atoms with Crippen LogP contribution in [0.5, 0.6) is 5.75 Å². The third kappa shape index (κ3) is 4.37. The number of carbonyl (C=O) groups excluding carboxylic acids is 1. The van der Waals surface area contributed by atoms with Crippen LogP contribution >= 0.6 is 11.3 Å². The topological polar surface area (TPSA) is 51.2 Å². The number of benzene rings is 2. The van der Waals surface area contributed by atoms with Crippen LogP contribution in [0.2, 0.25) is 0 Å². The standard InChI is InChI=1S/C22H22N2O2S/c1-15-6-10-19(11-7-15)26-13-21(25)24-22-23-20(14-27-22)18-9-8-16-4-2-3-5-17(16)12-18/h6-12,14H,2-5,13H2,1H3,(H,23,24,25). The van der Waals surface area contributed by atoms with E-state index in [0.29, 0.717) is 10.9 Å². The Kier molecular flexibility index (Phi) is 5.21. The van der Waals surface area contributed by atoms with Crippen LogP contribution < -0.4 is 10.1 Å². The predicted molar refractivity (Wildman–Crippen MR) is 109 cm³/mol. The zero-order valence-electron chi connectivity index (χ0n) is 15.3. The Labute approximate surface area is 163 Å². The molecule has 1 aliphatic carbocycles. The lowest BCUT2D eigenvalue weighted by molar-refractivity contribution is -0.118. The fraction of sp³-hybridized carbons (Fsp3) is 0.273. The average molecular weight is 378 g/mol. The Morgan fingerprint density at radius 2 is 1.89 bits per heavy atom. The highest BCUT2D eigenvalue weighted by Crippen LogP contribution is 2.29. The Hall–Kier alpha value is -2.66. The molecule has 0 unspecified atom stereocenters. The summed E-state index contributed by atoms with van der Waals surface area (Å²) in [5.74, 6) is 0.478. The van der Waals surface area contributed by atoms with Crippen molar-refractivity contribution >= 4 is 22.4 Å². The van der Waals surface area contributed by atoms with Gasteiger partial charge in [0.1, 0.15) is 5.75 Å². The second-order valence-electron chi connectivity index (χ2n) is 6.88. The number of hydrogen-bond acceptors (Lipinski definition) is 4. The normalized spacial score (nSPS) is 13.1. The van der Waals surface area contributed by atoms with Gasteiger partial charge < -0.3 is 4.74 Å². The van der Waals surface area contributed by atoms with E-state index < -0.39 is 0 Å². The SMILES string of the molecule is Cc1ccc(OCC(=O)Nc2nc(-c3ccc4c(c3)CCCC4)cs2)cc1. The molecule has 1 amide bonds. The van der Waals surface area contributed by atoms with E-state index in [4.69, 9.17) is 4.74 Å². The number of aryl methyl sites for hydroxylation is 3. The summed E-state index contributed by atoms with van der Waals surface area (Å²) in [6.45, 7) is 1.98. The van der Waals surface area contributed by atoms with Crippen LogP contribution in [0.4, 0.5) is 5.13 Å². The van der Waals surface area contributed by atoms with Crippen LogP contribution in [-0.4, -0.2) is 17.5 Å². The summed E-state index contributed by atoms with van der Waals surface area (Å²) in [4.78, 5) is 16.7. The highest BCUT2D eigenvalue weighted by Gasteiger charge is 2.13. The van der Waals surface area contributed by atoms with Crippen LogP contribution in [0.1, 0.15) is 29.5 Å². The van der Waals surface area contributed by atoms with Gasteiger partial charge in [0.25, 0.3) is 5.91 Å². The molecule has 3 aromatic rings. The number of ether oxygens (including phenoxy) is 1. The van der Waals surface area contributed by atoms with Gasteiger partial charge in [0.2, 0.25) is 0 Å². The van der Waals surface area contributed by atoms with Crippen molar-refractivity contribution in [2.45, 2.75) is 32.6 Å². The van der Waals surface area contributed by atoms with E-state index in [0.717, 1.165) is 23.2 Å². The van der Waals surface area contributed by atoms with Crippen molar-refractivity contribution in [1.82, 2.24) is 4.98 Å². The van der Waals surface area contributed by atoms with Gasteiger partial charge in [0, 0.05) is 10.9 Å². The fourth-order valence-corrected chi connectivity index (χ4v) is 4.03. The molecule has 0 atom stereocenters. The van der Waals surface area contributed by atoms with Gasteiger partial charge in [-0.1, -0.05) is 29.8 Å². The number of nitrogens with one attached hydrogen (secondary N) is 1. The Balaban J connectivity index is 1.37. The number of thiazole rings is 1. The summed E-state index contributed by atoms with van der Waals surface area (Å²) in [5.41, 5.74) is 6.07. The first-order valence-electron chi connectivity index (χ1n) is 9.24. The van der Waals surface area contributed by atoms with Crippen LogP contribution in [0.15, 0.2) is 47.8 Å². The molecular weight excluding hydrogens is 356 g/mol. The number of rotatable bonds is 5. The largest absolute Gasteiger partial charge is 0.484 e. The van der Waals surface area contributed by atoms with Gasteiger partial charge in [0.15, 0.2) is 11.7 Å². The molecule has 0 radical (unpaired) electrons. The van der Waals surface area contributed by atoms with Crippen LogP contribution in [0, 0.1) is 6.92 Å². The molecule has 138 valence electrons. The maximum absolute atomic E-state index is 12.1. The molecule has 0 bridgehead atoms. The number of hydrogen-bond donors (Lipinski definition) is 1. The third-order valence-electron chi connectivity index (χ3n) is 4.79. The van der Waals surface area contributed by atoms with Gasteiger partial charge in [-0.3, -0.25) is 10.1 Å². The van der Waals surface area contributed by atoms with E-state index in [1.54, 1.807) is 0 Å². The molecule has 0 spiro atoms. The maximum Gasteiger partial charge on any atom is 0.264 e. The van der Waals surface area contributed by atoms with Crippen LogP contribution in [0.3, 0.4) is 0 Å². The summed E-state index contributed by atoms with van der Waals surface area (Å²) in [6, 6.07) is 14.2. The zero-order chi connectivity index (χ0) is 18.6. The highest BCUT2D eigenvalue weighted by molar-refractivity contribution is 7.14. The van der Waals surface area contributed by atoms with E-state index in [9.17, 15) is 4.79 Å². The van der Waals surface area contributed by atoms with Crippen LogP contribution in [-0.2, 0) is 17.6 Å². The number of fused-ring (bicyclic) bond motifs is 1. The molecule has 4 rings (SSSR count). The molecule has 27 heavy (non-hydrogen) atoms. The Bertz CT molecular complexity index is 947. The molecule has 1 aliphatic rings. The molecule has 4 nitrogen and oxygen atoms in total. The minimum Gasteiger partial charge on any atom is -0.484 e. The zero-order valence-corrected chi connectivity index (χ0v) is 16.1. The average Bonchev–Trinajstić information content (AvgIpc) is 3.15. The predicted octanol–water partition coefficient (Wildman–Crippen LogP) is 5.01. The molecule has 1 aromatic heterocycles. The molecular formula is C22H22N2O2S. The van der Waals surface area contributed by atoms with Crippen molar-refractivity contribution in [1.29, 1.82) is 0 Å². The van der Waals surface area contributed by atoms with Gasteiger partial charge in [0.05, 0.1) is 5.69 Å². The molecule has 1 heterocycles. The summed E-state index contributed by atoms with van der Waals surface area (Å²) in [6.07, 6.45) is 4.86. The number of anilines is 1. The first kappa shape index (κ1) is 17.7. The van der Waals surface area contributed by atoms with Crippen molar-refractivity contribution < 1.29 is 9.53 Å².